The molecule has 5 nitrogen and oxygen atoms in total. The van der Waals surface area contributed by atoms with Crippen LogP contribution in [0.2, 0.25) is 0 Å². The van der Waals surface area contributed by atoms with E-state index in [0.29, 0.717) is 17.5 Å². The molecule has 19 heavy (non-hydrogen) atoms. The van der Waals surface area contributed by atoms with Crippen LogP contribution in [-0.2, 0) is 0 Å². The van der Waals surface area contributed by atoms with E-state index in [1.165, 1.54) is 20.4 Å². The second kappa shape index (κ2) is 5.99. The van der Waals surface area contributed by atoms with E-state index in [2.05, 4.69) is 25.9 Å². The summed E-state index contributed by atoms with van der Waals surface area (Å²) in [7, 11) is 3.05. The summed E-state index contributed by atoms with van der Waals surface area (Å²) in [4.78, 5) is 8.45. The molecule has 0 aliphatic heterocycles. The fraction of sp³-hybridized carbons (Fsp3) is 0.231. The van der Waals surface area contributed by atoms with Crippen LogP contribution in [0.1, 0.15) is 17.3 Å². The van der Waals surface area contributed by atoms with Crippen molar-refractivity contribution in [2.45, 2.75) is 6.04 Å². The number of benzene rings is 1. The van der Waals surface area contributed by atoms with Crippen LogP contribution in [0.4, 0.5) is 0 Å². The van der Waals surface area contributed by atoms with Crippen LogP contribution < -0.4 is 15.2 Å². The number of methoxy groups -OCH3 is 2. The number of halogens is 1. The van der Waals surface area contributed by atoms with Gasteiger partial charge in [-0.05, 0) is 17.7 Å². The molecule has 1 aromatic carbocycles. The van der Waals surface area contributed by atoms with Gasteiger partial charge < -0.3 is 15.2 Å². The number of nitrogens with two attached hydrogens (primary N) is 1. The molecule has 0 bridgehead atoms. The minimum Gasteiger partial charge on any atom is -0.480 e. The van der Waals surface area contributed by atoms with E-state index in [1.807, 2.05) is 24.3 Å². The molecule has 0 saturated carbocycles. The molecule has 0 amide bonds. The quantitative estimate of drug-likeness (QED) is 0.934. The van der Waals surface area contributed by atoms with Gasteiger partial charge in [0.2, 0.25) is 11.8 Å². The molecule has 6 heteroatoms. The molecule has 0 aliphatic carbocycles. The molecule has 0 aliphatic rings. The van der Waals surface area contributed by atoms with Crippen molar-refractivity contribution in [1.29, 1.82) is 0 Å². The summed E-state index contributed by atoms with van der Waals surface area (Å²) >= 11 is 3.42. The zero-order valence-electron chi connectivity index (χ0n) is 10.6. The highest BCUT2D eigenvalue weighted by molar-refractivity contribution is 9.10. The van der Waals surface area contributed by atoms with Crippen LogP contribution in [0.15, 0.2) is 34.9 Å². The van der Waals surface area contributed by atoms with Gasteiger partial charge in [0.25, 0.3) is 0 Å². The van der Waals surface area contributed by atoms with Crippen LogP contribution in [0.25, 0.3) is 0 Å². The number of hydrogen-bond donors (Lipinski definition) is 1. The van der Waals surface area contributed by atoms with Crippen LogP contribution >= 0.6 is 15.9 Å². The number of ether oxygens (including phenoxy) is 2. The van der Waals surface area contributed by atoms with Crippen molar-refractivity contribution < 1.29 is 9.47 Å². The predicted molar refractivity (Wildman–Crippen MR) is 75.3 cm³/mol. The first-order valence-electron chi connectivity index (χ1n) is 5.61. The van der Waals surface area contributed by atoms with E-state index >= 15 is 0 Å². The minimum absolute atomic E-state index is 0.367. The molecule has 0 spiro atoms. The Kier molecular flexibility index (Phi) is 4.34. The third-order valence-corrected chi connectivity index (χ3v) is 3.14. The molecule has 2 N–H and O–H groups in total. The van der Waals surface area contributed by atoms with Crippen LogP contribution in [-0.4, -0.2) is 24.2 Å². The Balaban J connectivity index is 2.40. The van der Waals surface area contributed by atoms with Gasteiger partial charge in [-0.2, -0.15) is 4.98 Å². The van der Waals surface area contributed by atoms with Gasteiger partial charge in [0.1, 0.15) is 5.69 Å². The molecule has 0 fully saturated rings. The second-order valence-corrected chi connectivity index (χ2v) is 4.76. The summed E-state index contributed by atoms with van der Waals surface area (Å²) in [6, 6.07) is 7.32. The fourth-order valence-electron chi connectivity index (χ4n) is 1.69. The lowest BCUT2D eigenvalue weighted by atomic mass is 10.0. The summed E-state index contributed by atoms with van der Waals surface area (Å²) in [5.74, 6) is 0.758. The Labute approximate surface area is 119 Å². The Morgan fingerprint density at radius 2 is 2.05 bits per heavy atom. The summed E-state index contributed by atoms with van der Waals surface area (Å²) in [5, 5.41) is 0. The zero-order chi connectivity index (χ0) is 13.8. The van der Waals surface area contributed by atoms with E-state index in [1.54, 1.807) is 0 Å². The molecular formula is C13H14BrN3O2. The lowest BCUT2D eigenvalue weighted by molar-refractivity contribution is 0.355. The molecule has 1 unspecified atom stereocenters. The molecule has 1 atom stereocenters. The van der Waals surface area contributed by atoms with E-state index in [4.69, 9.17) is 15.2 Å². The highest BCUT2D eigenvalue weighted by atomic mass is 79.9. The molecule has 2 rings (SSSR count). The van der Waals surface area contributed by atoms with Crippen molar-refractivity contribution in [2.24, 2.45) is 5.73 Å². The minimum atomic E-state index is -0.411. The largest absolute Gasteiger partial charge is 0.480 e. The first kappa shape index (κ1) is 13.8. The molecule has 1 heterocycles. The number of hydrogen-bond acceptors (Lipinski definition) is 5. The fourth-order valence-corrected chi connectivity index (χ4v) is 2.10. The van der Waals surface area contributed by atoms with Gasteiger partial charge >= 0.3 is 0 Å². The number of rotatable bonds is 4. The maximum atomic E-state index is 6.21. The Morgan fingerprint density at radius 1 is 1.26 bits per heavy atom. The molecule has 1 aromatic heterocycles. The topological polar surface area (TPSA) is 70.3 Å². The zero-order valence-corrected chi connectivity index (χ0v) is 12.2. The highest BCUT2D eigenvalue weighted by Gasteiger charge is 2.18. The van der Waals surface area contributed by atoms with E-state index in [0.717, 1.165) is 10.0 Å². The van der Waals surface area contributed by atoms with E-state index < -0.39 is 6.04 Å². The van der Waals surface area contributed by atoms with Crippen molar-refractivity contribution in [2.75, 3.05) is 14.2 Å². The van der Waals surface area contributed by atoms with Gasteiger partial charge in [0.05, 0.1) is 26.5 Å². The van der Waals surface area contributed by atoms with Gasteiger partial charge in [-0.3, -0.25) is 0 Å². The first-order valence-corrected chi connectivity index (χ1v) is 6.41. The van der Waals surface area contributed by atoms with Crippen molar-refractivity contribution >= 4 is 15.9 Å². The third kappa shape index (κ3) is 3.02. The van der Waals surface area contributed by atoms with Gasteiger partial charge in [-0.25, -0.2) is 4.98 Å². The average molecular weight is 324 g/mol. The van der Waals surface area contributed by atoms with Crippen molar-refractivity contribution in [3.05, 3.63) is 46.2 Å². The van der Waals surface area contributed by atoms with Crippen LogP contribution in [0.5, 0.6) is 11.8 Å². The normalized spacial score (nSPS) is 12.0. The molecule has 0 radical (unpaired) electrons. The van der Waals surface area contributed by atoms with Crippen LogP contribution in [0, 0.1) is 0 Å². The van der Waals surface area contributed by atoms with Gasteiger partial charge in [-0.1, -0.05) is 28.1 Å². The van der Waals surface area contributed by atoms with Gasteiger partial charge in [0, 0.05) is 4.47 Å². The summed E-state index contributed by atoms with van der Waals surface area (Å²) in [6.45, 7) is 0. The highest BCUT2D eigenvalue weighted by Crippen LogP contribution is 2.27. The molecular weight excluding hydrogens is 310 g/mol. The van der Waals surface area contributed by atoms with Gasteiger partial charge in [-0.15, -0.1) is 0 Å². The SMILES string of the molecule is COc1cnc(C(N)c2cccc(Br)c2)c(OC)n1. The summed E-state index contributed by atoms with van der Waals surface area (Å²) in [6.07, 6.45) is 1.52. The van der Waals surface area contributed by atoms with Crippen molar-refractivity contribution in [3.8, 4) is 11.8 Å². The van der Waals surface area contributed by atoms with Crippen molar-refractivity contribution in [3.63, 3.8) is 0 Å². The number of nitrogens with zero attached hydrogens (tertiary/aromatic N) is 2. The molecule has 100 valence electrons. The Morgan fingerprint density at radius 3 is 2.68 bits per heavy atom. The summed E-state index contributed by atoms with van der Waals surface area (Å²) < 4.78 is 11.2. The monoisotopic (exact) mass is 323 g/mol. The molecule has 0 saturated heterocycles. The lowest BCUT2D eigenvalue weighted by Gasteiger charge is -2.15. The lowest BCUT2D eigenvalue weighted by Crippen LogP contribution is -2.15. The number of aromatic nitrogens is 2. The summed E-state index contributed by atoms with van der Waals surface area (Å²) in [5.41, 5.74) is 7.70. The van der Waals surface area contributed by atoms with Crippen LogP contribution in [0.3, 0.4) is 0 Å². The van der Waals surface area contributed by atoms with E-state index in [-0.39, 0.29) is 0 Å². The second-order valence-electron chi connectivity index (χ2n) is 3.84. The third-order valence-electron chi connectivity index (χ3n) is 2.65. The maximum Gasteiger partial charge on any atom is 0.240 e. The average Bonchev–Trinajstić information content (AvgIpc) is 2.45. The predicted octanol–water partition coefficient (Wildman–Crippen LogP) is 2.30. The first-order chi connectivity index (χ1) is 9.15. The van der Waals surface area contributed by atoms with Crippen molar-refractivity contribution in [1.82, 2.24) is 9.97 Å². The standard InChI is InChI=1S/C13H14BrN3O2/c1-18-10-7-16-12(13(17-10)19-2)11(15)8-4-3-5-9(14)6-8/h3-7,11H,15H2,1-2H3. The Hall–Kier alpha value is -1.66. The van der Waals surface area contributed by atoms with Gasteiger partial charge in [0.15, 0.2) is 0 Å². The van der Waals surface area contributed by atoms with E-state index in [9.17, 15) is 0 Å². The maximum absolute atomic E-state index is 6.21. The molecule has 2 aromatic rings. The Bertz CT molecular complexity index is 578. The smallest absolute Gasteiger partial charge is 0.240 e.